The van der Waals surface area contributed by atoms with Crippen molar-refractivity contribution in [2.45, 2.75) is 25.2 Å². The van der Waals surface area contributed by atoms with Crippen LogP contribution in [0.5, 0.6) is 5.88 Å². The van der Waals surface area contributed by atoms with Crippen molar-refractivity contribution in [3.8, 4) is 17.1 Å². The predicted octanol–water partition coefficient (Wildman–Crippen LogP) is 7.24. The van der Waals surface area contributed by atoms with Gasteiger partial charge in [0.1, 0.15) is 24.1 Å². The van der Waals surface area contributed by atoms with E-state index in [1.54, 1.807) is 17.7 Å². The maximum Gasteiger partial charge on any atom is 0.416 e. The predicted molar refractivity (Wildman–Crippen MR) is 160 cm³/mol. The molecule has 0 radical (unpaired) electrons. The summed E-state index contributed by atoms with van der Waals surface area (Å²) in [5.74, 6) is -4.00. The molecule has 2 atom stereocenters. The minimum atomic E-state index is -4.52. The highest BCUT2D eigenvalue weighted by atomic mass is 19.4. The Morgan fingerprint density at radius 1 is 0.958 bits per heavy atom. The largest absolute Gasteiger partial charge is 0.478 e. The number of benzene rings is 3. The van der Waals surface area contributed by atoms with Crippen molar-refractivity contribution in [3.63, 3.8) is 0 Å². The van der Waals surface area contributed by atoms with Crippen molar-refractivity contribution in [3.05, 3.63) is 112 Å². The Kier molecular flexibility index (Phi) is 9.12. The Bertz CT molecular complexity index is 1980. The number of carboxylic acids is 1. The number of imidazole rings is 1. The summed E-state index contributed by atoms with van der Waals surface area (Å²) in [6.45, 7) is 0.683. The lowest BCUT2D eigenvalue weighted by Crippen LogP contribution is -2.23. The van der Waals surface area contributed by atoms with Crippen molar-refractivity contribution in [1.29, 1.82) is 0 Å². The number of nitrogens with zero attached hydrogens (tertiary/aromatic N) is 3. The lowest BCUT2D eigenvalue weighted by molar-refractivity contribution is -0.137. The summed E-state index contributed by atoms with van der Waals surface area (Å²) in [5.41, 5.74) is -0.0126. The van der Waals surface area contributed by atoms with Crippen LogP contribution in [0.4, 0.5) is 26.3 Å². The first-order valence-corrected chi connectivity index (χ1v) is 14.7. The standard InChI is InChI=1S/C34H27F6N3O5/c1-46-15-21-16-47-17-30(21)43-29-11-19(33(44)45)4-8-28(29)41-31(43)12-20-10-26(37)23(13-25(20)36)27-9-7-24(35)32(42-27)48-14-18-2-5-22(6-3-18)34(38,39)40/h2-11,13,21,30H,12,14-17H2,1H3,(H,44,45)/t21-,30+/m0/s1. The van der Waals surface area contributed by atoms with E-state index in [1.165, 1.54) is 24.3 Å². The van der Waals surface area contributed by atoms with Gasteiger partial charge in [-0.1, -0.05) is 12.1 Å². The lowest BCUT2D eigenvalue weighted by Gasteiger charge is -2.22. The molecule has 1 aliphatic heterocycles. The van der Waals surface area contributed by atoms with E-state index in [0.29, 0.717) is 35.6 Å². The van der Waals surface area contributed by atoms with E-state index < -0.39 is 41.0 Å². The number of carbonyl (C=O) groups is 1. The Hall–Kier alpha value is -4.95. The van der Waals surface area contributed by atoms with E-state index in [1.807, 2.05) is 0 Å². The number of rotatable bonds is 10. The first-order valence-electron chi connectivity index (χ1n) is 14.7. The summed E-state index contributed by atoms with van der Waals surface area (Å²) in [6.07, 6.45) is -4.68. The van der Waals surface area contributed by atoms with Crippen LogP contribution in [0.2, 0.25) is 0 Å². The molecule has 0 bridgehead atoms. The fourth-order valence-electron chi connectivity index (χ4n) is 5.72. The topological polar surface area (TPSA) is 95.7 Å². The third-order valence-electron chi connectivity index (χ3n) is 8.12. The molecule has 0 spiro atoms. The highest BCUT2D eigenvalue weighted by Gasteiger charge is 2.33. The number of methoxy groups -OCH3 is 1. The molecule has 0 unspecified atom stereocenters. The fraction of sp³-hybridized carbons (Fsp3) is 0.265. The molecule has 0 amide bonds. The molecular weight excluding hydrogens is 644 g/mol. The molecule has 5 aromatic rings. The van der Waals surface area contributed by atoms with E-state index in [9.17, 15) is 27.5 Å². The number of pyridine rings is 1. The summed E-state index contributed by atoms with van der Waals surface area (Å²) in [6, 6.07) is 12.2. The number of alkyl halides is 3. The zero-order valence-electron chi connectivity index (χ0n) is 25.2. The number of aromatic nitrogens is 3. The summed E-state index contributed by atoms with van der Waals surface area (Å²) < 4.78 is 103. The molecule has 3 aromatic carbocycles. The highest BCUT2D eigenvalue weighted by Crippen LogP contribution is 2.34. The SMILES string of the molecule is COC[C@H]1COC[C@H]1n1c(Cc2cc(F)c(-c3ccc(F)c(OCc4ccc(C(F)(F)F)cc4)n3)cc2F)nc2ccc(C(=O)O)cc21. The summed E-state index contributed by atoms with van der Waals surface area (Å²) in [4.78, 5) is 20.4. The molecule has 1 N–H and O–H groups in total. The van der Waals surface area contributed by atoms with Gasteiger partial charge in [-0.3, -0.25) is 0 Å². The second-order valence-electron chi connectivity index (χ2n) is 11.3. The van der Waals surface area contributed by atoms with Gasteiger partial charge in [-0.05, 0) is 65.7 Å². The number of hydrogen-bond acceptors (Lipinski definition) is 6. The van der Waals surface area contributed by atoms with Crippen LogP contribution in [-0.2, 0) is 28.7 Å². The van der Waals surface area contributed by atoms with Gasteiger partial charge in [0, 0.05) is 25.0 Å². The van der Waals surface area contributed by atoms with Crippen LogP contribution in [0, 0.1) is 23.4 Å². The second-order valence-corrected chi connectivity index (χ2v) is 11.3. The third-order valence-corrected chi connectivity index (χ3v) is 8.12. The molecule has 1 saturated heterocycles. The average Bonchev–Trinajstić information content (AvgIpc) is 3.65. The van der Waals surface area contributed by atoms with E-state index in [4.69, 9.17) is 14.2 Å². The van der Waals surface area contributed by atoms with Gasteiger partial charge in [0.2, 0.25) is 0 Å². The molecule has 2 aromatic heterocycles. The van der Waals surface area contributed by atoms with Crippen LogP contribution in [0.3, 0.4) is 0 Å². The Morgan fingerprint density at radius 3 is 2.44 bits per heavy atom. The molecule has 1 aliphatic rings. The second kappa shape index (κ2) is 13.3. The first-order chi connectivity index (χ1) is 22.9. The molecule has 14 heteroatoms. The minimum absolute atomic E-state index is 0.0356. The summed E-state index contributed by atoms with van der Waals surface area (Å²) >= 11 is 0. The lowest BCUT2D eigenvalue weighted by atomic mass is 10.0. The number of fused-ring (bicyclic) bond motifs is 1. The molecule has 6 rings (SSSR count). The molecule has 1 fully saturated rings. The monoisotopic (exact) mass is 671 g/mol. The zero-order valence-corrected chi connectivity index (χ0v) is 25.2. The van der Waals surface area contributed by atoms with E-state index in [0.717, 1.165) is 36.4 Å². The molecule has 3 heterocycles. The van der Waals surface area contributed by atoms with Crippen LogP contribution in [-0.4, -0.2) is 52.5 Å². The van der Waals surface area contributed by atoms with Gasteiger partial charge in [0.25, 0.3) is 5.88 Å². The quantitative estimate of drug-likeness (QED) is 0.157. The number of halogens is 6. The van der Waals surface area contributed by atoms with Crippen molar-refractivity contribution in [2.75, 3.05) is 26.9 Å². The van der Waals surface area contributed by atoms with E-state index in [-0.39, 0.29) is 54.0 Å². The van der Waals surface area contributed by atoms with E-state index in [2.05, 4.69) is 9.97 Å². The number of carboxylic acid groups (broad SMARTS) is 1. The van der Waals surface area contributed by atoms with Crippen molar-refractivity contribution in [1.82, 2.24) is 14.5 Å². The van der Waals surface area contributed by atoms with Crippen LogP contribution >= 0.6 is 0 Å². The molecule has 250 valence electrons. The Balaban J connectivity index is 1.29. The maximum atomic E-state index is 15.7. The molecule has 0 saturated carbocycles. The molecule has 8 nitrogen and oxygen atoms in total. The normalized spacial score (nSPS) is 16.5. The van der Waals surface area contributed by atoms with Gasteiger partial charge >= 0.3 is 12.1 Å². The summed E-state index contributed by atoms with van der Waals surface area (Å²) in [7, 11) is 1.55. The van der Waals surface area contributed by atoms with Crippen molar-refractivity contribution in [2.24, 2.45) is 5.92 Å². The fourth-order valence-corrected chi connectivity index (χ4v) is 5.72. The summed E-state index contributed by atoms with van der Waals surface area (Å²) in [5, 5.41) is 9.58. The van der Waals surface area contributed by atoms with Crippen LogP contribution < -0.4 is 4.74 Å². The minimum Gasteiger partial charge on any atom is -0.478 e. The van der Waals surface area contributed by atoms with E-state index >= 15 is 8.78 Å². The van der Waals surface area contributed by atoms with Crippen molar-refractivity contribution < 1.29 is 50.5 Å². The van der Waals surface area contributed by atoms with Gasteiger partial charge in [-0.15, -0.1) is 0 Å². The molecule has 0 aliphatic carbocycles. The van der Waals surface area contributed by atoms with Crippen LogP contribution in [0.15, 0.2) is 66.7 Å². The number of hydrogen-bond donors (Lipinski definition) is 1. The zero-order chi connectivity index (χ0) is 34.2. The first kappa shape index (κ1) is 33.0. The Morgan fingerprint density at radius 2 is 1.73 bits per heavy atom. The number of ether oxygens (including phenoxy) is 3. The van der Waals surface area contributed by atoms with Gasteiger partial charge in [-0.2, -0.15) is 13.2 Å². The van der Waals surface area contributed by atoms with Crippen molar-refractivity contribution >= 4 is 17.0 Å². The van der Waals surface area contributed by atoms with Gasteiger partial charge in [0.05, 0.1) is 53.7 Å². The molecule has 48 heavy (non-hydrogen) atoms. The average molecular weight is 672 g/mol. The van der Waals surface area contributed by atoms with Gasteiger partial charge in [-0.25, -0.2) is 27.9 Å². The maximum absolute atomic E-state index is 15.7. The van der Waals surface area contributed by atoms with Gasteiger partial charge < -0.3 is 23.9 Å². The van der Waals surface area contributed by atoms with Gasteiger partial charge in [0.15, 0.2) is 5.82 Å². The van der Waals surface area contributed by atoms with Crippen LogP contribution in [0.1, 0.15) is 38.9 Å². The molecular formula is C34H27F6N3O5. The highest BCUT2D eigenvalue weighted by molar-refractivity contribution is 5.92. The Labute approximate surface area is 269 Å². The number of aromatic carboxylic acids is 1. The third kappa shape index (κ3) is 6.71. The smallest absolute Gasteiger partial charge is 0.416 e. The van der Waals surface area contributed by atoms with Crippen LogP contribution in [0.25, 0.3) is 22.3 Å².